The Kier molecular flexibility index (Phi) is 4.52. The van der Waals surface area contributed by atoms with Gasteiger partial charge in [0, 0.05) is 0 Å². The van der Waals surface area contributed by atoms with Crippen molar-refractivity contribution in [1.82, 2.24) is 0 Å². The Labute approximate surface area is 202 Å². The summed E-state index contributed by atoms with van der Waals surface area (Å²) in [4.78, 5) is 0. The fourth-order valence-corrected chi connectivity index (χ4v) is 12.1. The van der Waals surface area contributed by atoms with Crippen LogP contribution in [0.1, 0.15) is 107 Å². The van der Waals surface area contributed by atoms with Gasteiger partial charge in [-0.25, -0.2) is 0 Å². The Morgan fingerprint density at radius 1 is 0.697 bits per heavy atom. The fourth-order valence-electron chi connectivity index (χ4n) is 12.1. The number of aliphatic hydroxyl groups excluding tert-OH is 2. The third kappa shape index (κ3) is 2.49. The van der Waals surface area contributed by atoms with E-state index in [0.717, 1.165) is 25.7 Å². The van der Waals surface area contributed by atoms with Crippen LogP contribution in [0.4, 0.5) is 0 Å². The summed E-state index contributed by atoms with van der Waals surface area (Å²) >= 11 is 0. The summed E-state index contributed by atoms with van der Waals surface area (Å²) in [6.45, 7) is 19.7. The number of hydrogen-bond acceptors (Lipinski definition) is 3. The second-order valence-electron chi connectivity index (χ2n) is 15.6. The fraction of sp³-hybridized carbons (Fsp3) is 1.00. The summed E-state index contributed by atoms with van der Waals surface area (Å²) in [7, 11) is 0. The highest BCUT2D eigenvalue weighted by atomic mass is 16.6. The molecule has 3 heteroatoms. The maximum absolute atomic E-state index is 11.8. The smallest absolute Gasteiger partial charge is 0.0948 e. The molecule has 33 heavy (non-hydrogen) atoms. The lowest BCUT2D eigenvalue weighted by Crippen LogP contribution is -2.70. The van der Waals surface area contributed by atoms with Crippen LogP contribution < -0.4 is 0 Å². The van der Waals surface area contributed by atoms with E-state index in [9.17, 15) is 10.2 Å². The van der Waals surface area contributed by atoms with Gasteiger partial charge in [0.25, 0.3) is 0 Å². The van der Waals surface area contributed by atoms with Gasteiger partial charge in [0.05, 0.1) is 23.9 Å². The van der Waals surface area contributed by atoms with Crippen molar-refractivity contribution in [3.05, 3.63) is 0 Å². The minimum absolute atomic E-state index is 0.00152. The van der Waals surface area contributed by atoms with E-state index in [0.29, 0.717) is 41.1 Å². The van der Waals surface area contributed by atoms with Crippen LogP contribution in [-0.4, -0.2) is 34.1 Å². The second-order valence-corrected chi connectivity index (χ2v) is 15.6. The number of ether oxygens (including phenoxy) is 1. The Hall–Kier alpha value is -0.120. The minimum Gasteiger partial charge on any atom is -0.393 e. The quantitative estimate of drug-likeness (QED) is 0.425. The normalized spacial score (nSPS) is 65.6. The highest BCUT2D eigenvalue weighted by Gasteiger charge is 2.75. The molecule has 0 radical (unpaired) electrons. The molecule has 6 rings (SSSR count). The predicted octanol–water partition coefficient (Wildman–Crippen LogP) is 6.21. The number of hydrogen-bond donors (Lipinski definition) is 2. The molecule has 1 saturated heterocycles. The highest BCUT2D eigenvalue weighted by Crippen LogP contribution is 2.78. The number of epoxide rings is 1. The van der Waals surface area contributed by atoms with E-state index >= 15 is 0 Å². The molecule has 1 aliphatic heterocycles. The van der Waals surface area contributed by atoms with Crippen molar-refractivity contribution in [2.24, 2.45) is 56.7 Å². The minimum atomic E-state index is -0.231. The monoisotopic (exact) mass is 458 g/mol. The average molecular weight is 459 g/mol. The summed E-state index contributed by atoms with van der Waals surface area (Å²) in [5.74, 6) is 3.01. The van der Waals surface area contributed by atoms with Crippen LogP contribution in [0.2, 0.25) is 0 Å². The van der Waals surface area contributed by atoms with Crippen LogP contribution >= 0.6 is 0 Å². The molecule has 1 heterocycles. The van der Waals surface area contributed by atoms with Crippen LogP contribution in [0.25, 0.3) is 0 Å². The lowest BCUT2D eigenvalue weighted by Gasteiger charge is -2.74. The Morgan fingerprint density at radius 2 is 1.39 bits per heavy atom. The van der Waals surface area contributed by atoms with E-state index in [1.54, 1.807) is 0 Å². The highest BCUT2D eigenvalue weighted by molar-refractivity contribution is 5.23. The average Bonchev–Trinajstić information content (AvgIpc) is 3.38. The summed E-state index contributed by atoms with van der Waals surface area (Å²) in [5.41, 5.74) is 0.744. The molecular weight excluding hydrogens is 408 g/mol. The summed E-state index contributed by atoms with van der Waals surface area (Å²) in [5, 5.41) is 22.8. The van der Waals surface area contributed by atoms with Crippen molar-refractivity contribution < 1.29 is 14.9 Å². The van der Waals surface area contributed by atoms with Gasteiger partial charge in [0.15, 0.2) is 0 Å². The van der Waals surface area contributed by atoms with E-state index in [1.807, 2.05) is 0 Å². The molecule has 5 unspecified atom stereocenters. The van der Waals surface area contributed by atoms with Gasteiger partial charge in [-0.15, -0.1) is 0 Å². The number of fused-ring (bicyclic) bond motifs is 8. The van der Waals surface area contributed by atoms with Crippen molar-refractivity contribution in [3.63, 3.8) is 0 Å². The van der Waals surface area contributed by atoms with Crippen molar-refractivity contribution >= 4 is 0 Å². The van der Waals surface area contributed by atoms with Gasteiger partial charge in [-0.3, -0.25) is 0 Å². The number of aliphatic hydroxyl groups is 2. The Balaban J connectivity index is 1.41. The van der Waals surface area contributed by atoms with Gasteiger partial charge in [-0.2, -0.15) is 0 Å². The first-order valence-corrected chi connectivity index (χ1v) is 14.2. The molecule has 13 atom stereocenters. The third-order valence-corrected chi connectivity index (χ3v) is 14.5. The molecule has 5 saturated carbocycles. The Bertz CT molecular complexity index is 853. The van der Waals surface area contributed by atoms with Gasteiger partial charge in [0.2, 0.25) is 0 Å². The van der Waals surface area contributed by atoms with Crippen molar-refractivity contribution in [3.8, 4) is 0 Å². The van der Waals surface area contributed by atoms with Crippen LogP contribution in [0.15, 0.2) is 0 Å². The first kappa shape index (κ1) is 23.3. The van der Waals surface area contributed by atoms with Crippen LogP contribution in [-0.2, 0) is 4.74 Å². The molecule has 2 N–H and O–H groups in total. The Morgan fingerprint density at radius 3 is 2.09 bits per heavy atom. The lowest BCUT2D eigenvalue weighted by molar-refractivity contribution is -0.272. The molecule has 6 aliphatic rings. The van der Waals surface area contributed by atoms with Gasteiger partial charge in [-0.05, 0) is 115 Å². The van der Waals surface area contributed by atoms with E-state index in [2.05, 4.69) is 55.4 Å². The maximum Gasteiger partial charge on any atom is 0.0948 e. The van der Waals surface area contributed by atoms with Crippen molar-refractivity contribution in [2.75, 3.05) is 0 Å². The molecule has 0 bridgehead atoms. The number of rotatable bonds is 0. The van der Waals surface area contributed by atoms with Crippen molar-refractivity contribution in [1.29, 1.82) is 0 Å². The predicted molar refractivity (Wildman–Crippen MR) is 132 cm³/mol. The molecule has 5 aliphatic carbocycles. The molecule has 0 spiro atoms. The van der Waals surface area contributed by atoms with Crippen LogP contribution in [0, 0.1) is 56.7 Å². The largest absolute Gasteiger partial charge is 0.393 e. The topological polar surface area (TPSA) is 53.0 Å². The summed E-state index contributed by atoms with van der Waals surface area (Å²) in [6.07, 6.45) is 9.18. The molecule has 0 amide bonds. The maximum atomic E-state index is 11.8. The third-order valence-electron chi connectivity index (χ3n) is 14.5. The van der Waals surface area contributed by atoms with E-state index < -0.39 is 0 Å². The molecule has 188 valence electrons. The summed E-state index contributed by atoms with van der Waals surface area (Å²) in [6, 6.07) is 0. The van der Waals surface area contributed by atoms with Gasteiger partial charge in [-0.1, -0.05) is 48.5 Å². The first-order valence-electron chi connectivity index (χ1n) is 14.2. The zero-order valence-corrected chi connectivity index (χ0v) is 22.6. The standard InChI is InChI=1S/C30H50O3/c1-17-24-18-9-10-20-26(4)13-12-21(31)25(2,3)19(26)11-14-28(20,6)29(18,7)15-22(32)27(24,5)16-23-30(17,8)33-23/h17-24,31-32H,9-16H2,1-8H3/t17?,18?,19?,20?,21-,22-,23+,24?,26-,27+,28+,29+,30-/m0/s1. The zero-order chi connectivity index (χ0) is 24.0. The zero-order valence-electron chi connectivity index (χ0n) is 22.6. The van der Waals surface area contributed by atoms with Gasteiger partial charge >= 0.3 is 0 Å². The van der Waals surface area contributed by atoms with Crippen LogP contribution in [0.3, 0.4) is 0 Å². The molecular formula is C30H50O3. The van der Waals surface area contributed by atoms with Crippen molar-refractivity contribution in [2.45, 2.75) is 131 Å². The van der Waals surface area contributed by atoms with E-state index in [4.69, 9.17) is 4.74 Å². The first-order chi connectivity index (χ1) is 15.2. The molecule has 0 aromatic rings. The van der Waals surface area contributed by atoms with E-state index in [-0.39, 0.29) is 39.5 Å². The molecule has 3 nitrogen and oxygen atoms in total. The van der Waals surface area contributed by atoms with E-state index in [1.165, 1.54) is 25.7 Å². The molecule has 6 fully saturated rings. The van der Waals surface area contributed by atoms with Gasteiger partial charge in [0.1, 0.15) is 0 Å². The van der Waals surface area contributed by atoms with Crippen LogP contribution in [0.5, 0.6) is 0 Å². The molecule has 0 aromatic heterocycles. The second kappa shape index (κ2) is 6.41. The lowest BCUT2D eigenvalue weighted by atomic mass is 9.31. The SMILES string of the molecule is CC1C2C3CCC4[C@@]5(C)CC[C@H](O)C(C)(C)C5CC[C@@]4(C)[C@]3(C)C[C@H](O)[C@@]2(C)C[C@H]2O[C@@]12C. The molecule has 0 aromatic carbocycles. The summed E-state index contributed by atoms with van der Waals surface area (Å²) < 4.78 is 6.31. The van der Waals surface area contributed by atoms with Gasteiger partial charge < -0.3 is 14.9 Å².